The van der Waals surface area contributed by atoms with Crippen LogP contribution in [0.1, 0.15) is 5.56 Å². The molecule has 2 aromatic rings. The van der Waals surface area contributed by atoms with E-state index in [9.17, 15) is 0 Å². The van der Waals surface area contributed by atoms with Gasteiger partial charge in [0.2, 0.25) is 5.13 Å². The van der Waals surface area contributed by atoms with Crippen LogP contribution in [-0.2, 0) is 0 Å². The molecule has 1 aromatic carbocycles. The number of anilines is 2. The van der Waals surface area contributed by atoms with E-state index in [1.165, 1.54) is 11.3 Å². The average molecular weight is 297 g/mol. The number of nitrogens with zero attached hydrogens (tertiary/aromatic N) is 2. The summed E-state index contributed by atoms with van der Waals surface area (Å²) in [6.07, 6.45) is 1.72. The van der Waals surface area contributed by atoms with E-state index in [1.807, 2.05) is 24.3 Å². The molecule has 0 saturated carbocycles. The van der Waals surface area contributed by atoms with Crippen molar-refractivity contribution in [2.24, 2.45) is 5.10 Å². The van der Waals surface area contributed by atoms with Crippen LogP contribution in [0.3, 0.4) is 0 Å². The van der Waals surface area contributed by atoms with Crippen LogP contribution in [0.4, 0.5) is 10.9 Å². The van der Waals surface area contributed by atoms with Gasteiger partial charge in [-0.05, 0) is 6.07 Å². The summed E-state index contributed by atoms with van der Waals surface area (Å²) in [4.78, 5) is 4.02. The molecule has 3 N–H and O–H groups in total. The van der Waals surface area contributed by atoms with Gasteiger partial charge in [-0.25, -0.2) is 4.98 Å². The largest absolute Gasteiger partial charge is 0.383 e. The number of nitrogen functional groups attached to an aromatic ring is 1. The number of benzene rings is 1. The molecule has 0 aliphatic heterocycles. The minimum atomic E-state index is 0.503. The predicted octanol–water partition coefficient (Wildman–Crippen LogP) is 2.93. The van der Waals surface area contributed by atoms with Crippen molar-refractivity contribution >= 4 is 44.4 Å². The van der Waals surface area contributed by atoms with E-state index in [0.717, 1.165) is 10.0 Å². The molecule has 82 valence electrons. The summed E-state index contributed by atoms with van der Waals surface area (Å²) >= 11 is 4.85. The minimum absolute atomic E-state index is 0.503. The fraction of sp³-hybridized carbons (Fsp3) is 0. The molecule has 0 fully saturated rings. The zero-order chi connectivity index (χ0) is 11.4. The number of hydrogen-bond donors (Lipinski definition) is 2. The number of thiazole rings is 1. The van der Waals surface area contributed by atoms with E-state index in [1.54, 1.807) is 11.6 Å². The topological polar surface area (TPSA) is 63.3 Å². The molecule has 0 radical (unpaired) electrons. The zero-order valence-corrected chi connectivity index (χ0v) is 10.6. The molecule has 0 aliphatic rings. The molecule has 1 heterocycles. The number of nitrogens with one attached hydrogen (secondary N) is 1. The quantitative estimate of drug-likeness (QED) is 0.676. The Kier molecular flexibility index (Phi) is 3.53. The van der Waals surface area contributed by atoms with Gasteiger partial charge in [-0.1, -0.05) is 34.1 Å². The van der Waals surface area contributed by atoms with Crippen LogP contribution in [0.5, 0.6) is 0 Å². The lowest BCUT2D eigenvalue weighted by Gasteiger charge is -1.96. The number of nitrogens with two attached hydrogens (primary N) is 1. The maximum Gasteiger partial charge on any atom is 0.205 e. The summed E-state index contributed by atoms with van der Waals surface area (Å²) in [5.74, 6) is 0.503. The van der Waals surface area contributed by atoms with Crippen molar-refractivity contribution in [1.29, 1.82) is 0 Å². The average Bonchev–Trinajstić information content (AvgIpc) is 2.67. The van der Waals surface area contributed by atoms with Gasteiger partial charge in [-0.15, -0.1) is 11.3 Å². The standard InChI is InChI=1S/C10H9BrN4S/c11-8-4-2-1-3-7(8)5-13-15-10-14-9(12)6-16-10/h1-6H,12H2,(H,14,15). The van der Waals surface area contributed by atoms with E-state index in [0.29, 0.717) is 10.9 Å². The van der Waals surface area contributed by atoms with Crippen molar-refractivity contribution in [2.75, 3.05) is 11.2 Å². The Hall–Kier alpha value is -1.40. The number of hydrogen-bond acceptors (Lipinski definition) is 5. The minimum Gasteiger partial charge on any atom is -0.383 e. The number of rotatable bonds is 3. The smallest absolute Gasteiger partial charge is 0.205 e. The first-order valence-corrected chi connectivity index (χ1v) is 6.17. The monoisotopic (exact) mass is 296 g/mol. The van der Waals surface area contributed by atoms with Crippen LogP contribution < -0.4 is 11.2 Å². The first kappa shape index (κ1) is 11.1. The van der Waals surface area contributed by atoms with Gasteiger partial charge in [0, 0.05) is 15.4 Å². The lowest BCUT2D eigenvalue weighted by Crippen LogP contribution is -1.91. The highest BCUT2D eigenvalue weighted by Gasteiger charge is 1.96. The van der Waals surface area contributed by atoms with E-state index in [2.05, 4.69) is 31.4 Å². The summed E-state index contributed by atoms with van der Waals surface area (Å²) in [6.45, 7) is 0. The summed E-state index contributed by atoms with van der Waals surface area (Å²) in [7, 11) is 0. The van der Waals surface area contributed by atoms with Gasteiger partial charge in [0.05, 0.1) is 6.21 Å². The van der Waals surface area contributed by atoms with E-state index < -0.39 is 0 Å². The summed E-state index contributed by atoms with van der Waals surface area (Å²) in [6, 6.07) is 7.83. The SMILES string of the molecule is Nc1csc(NN=Cc2ccccc2Br)n1. The molecular formula is C10H9BrN4S. The van der Waals surface area contributed by atoms with Crippen molar-refractivity contribution < 1.29 is 0 Å². The Labute approximate surface area is 105 Å². The molecule has 2 rings (SSSR count). The molecule has 6 heteroatoms. The van der Waals surface area contributed by atoms with E-state index in [-0.39, 0.29) is 0 Å². The highest BCUT2D eigenvalue weighted by Crippen LogP contribution is 2.17. The van der Waals surface area contributed by atoms with Crippen molar-refractivity contribution in [3.8, 4) is 0 Å². The molecule has 0 amide bonds. The highest BCUT2D eigenvalue weighted by molar-refractivity contribution is 9.10. The Morgan fingerprint density at radius 3 is 2.94 bits per heavy atom. The second-order valence-electron chi connectivity index (χ2n) is 2.97. The van der Waals surface area contributed by atoms with Crippen LogP contribution in [0.2, 0.25) is 0 Å². The van der Waals surface area contributed by atoms with Gasteiger partial charge in [0.1, 0.15) is 5.82 Å². The molecule has 0 unspecified atom stereocenters. The molecule has 4 nitrogen and oxygen atoms in total. The van der Waals surface area contributed by atoms with E-state index >= 15 is 0 Å². The normalized spacial score (nSPS) is 10.8. The first-order chi connectivity index (χ1) is 7.75. The first-order valence-electron chi connectivity index (χ1n) is 4.50. The zero-order valence-electron chi connectivity index (χ0n) is 8.22. The fourth-order valence-electron chi connectivity index (χ4n) is 1.07. The van der Waals surface area contributed by atoms with Crippen molar-refractivity contribution in [1.82, 2.24) is 4.98 Å². The van der Waals surface area contributed by atoms with Gasteiger partial charge in [-0.2, -0.15) is 5.10 Å². The molecule has 1 aromatic heterocycles. The van der Waals surface area contributed by atoms with Crippen molar-refractivity contribution in [3.05, 3.63) is 39.7 Å². The maximum atomic E-state index is 5.49. The molecule has 0 aliphatic carbocycles. The van der Waals surface area contributed by atoms with Gasteiger partial charge < -0.3 is 5.73 Å². The molecule has 0 atom stereocenters. The van der Waals surface area contributed by atoms with Gasteiger partial charge in [-0.3, -0.25) is 5.43 Å². The third kappa shape index (κ3) is 2.80. The van der Waals surface area contributed by atoms with E-state index in [4.69, 9.17) is 5.73 Å². The predicted molar refractivity (Wildman–Crippen MR) is 71.9 cm³/mol. The second-order valence-corrected chi connectivity index (χ2v) is 4.68. The lowest BCUT2D eigenvalue weighted by molar-refractivity contribution is 1.29. The maximum absolute atomic E-state index is 5.49. The number of aromatic nitrogens is 1. The van der Waals surface area contributed by atoms with Crippen LogP contribution >= 0.6 is 27.3 Å². The Morgan fingerprint density at radius 2 is 2.25 bits per heavy atom. The molecule has 0 saturated heterocycles. The molecule has 16 heavy (non-hydrogen) atoms. The Balaban J connectivity index is 2.03. The lowest BCUT2D eigenvalue weighted by atomic mass is 10.2. The van der Waals surface area contributed by atoms with Gasteiger partial charge in [0.25, 0.3) is 0 Å². The third-order valence-electron chi connectivity index (χ3n) is 1.79. The Morgan fingerprint density at radius 1 is 1.44 bits per heavy atom. The van der Waals surface area contributed by atoms with Gasteiger partial charge >= 0.3 is 0 Å². The molecule has 0 spiro atoms. The Bertz CT molecular complexity index is 509. The van der Waals surface area contributed by atoms with Crippen LogP contribution in [-0.4, -0.2) is 11.2 Å². The molecular weight excluding hydrogens is 288 g/mol. The fourth-order valence-corrected chi connectivity index (χ4v) is 2.01. The third-order valence-corrected chi connectivity index (χ3v) is 3.28. The second kappa shape index (κ2) is 5.09. The summed E-state index contributed by atoms with van der Waals surface area (Å²) < 4.78 is 0.999. The highest BCUT2D eigenvalue weighted by atomic mass is 79.9. The van der Waals surface area contributed by atoms with Crippen LogP contribution in [0.25, 0.3) is 0 Å². The van der Waals surface area contributed by atoms with Crippen LogP contribution in [0.15, 0.2) is 39.2 Å². The summed E-state index contributed by atoms with van der Waals surface area (Å²) in [5, 5.41) is 6.51. The number of halogens is 1. The van der Waals surface area contributed by atoms with Crippen molar-refractivity contribution in [2.45, 2.75) is 0 Å². The molecule has 0 bridgehead atoms. The van der Waals surface area contributed by atoms with Crippen LogP contribution in [0, 0.1) is 0 Å². The van der Waals surface area contributed by atoms with Gasteiger partial charge in [0.15, 0.2) is 0 Å². The van der Waals surface area contributed by atoms with Crippen molar-refractivity contribution in [3.63, 3.8) is 0 Å². The summed E-state index contributed by atoms with van der Waals surface area (Å²) in [5.41, 5.74) is 9.30. The number of hydrazone groups is 1.